The lowest BCUT2D eigenvalue weighted by molar-refractivity contribution is -0.161. The van der Waals surface area contributed by atoms with Gasteiger partial charge in [-0.05, 0) is 60.6 Å². The van der Waals surface area contributed by atoms with Crippen molar-refractivity contribution < 1.29 is 27.9 Å². The summed E-state index contributed by atoms with van der Waals surface area (Å²) in [4.78, 5) is 29.1. The van der Waals surface area contributed by atoms with Gasteiger partial charge < -0.3 is 15.2 Å². The summed E-state index contributed by atoms with van der Waals surface area (Å²) in [6.07, 6.45) is 5.27. The third-order valence-corrected chi connectivity index (χ3v) is 9.23. The van der Waals surface area contributed by atoms with Gasteiger partial charge in [0.1, 0.15) is 11.4 Å². The zero-order chi connectivity index (χ0) is 31.7. The van der Waals surface area contributed by atoms with Crippen LogP contribution in [0.5, 0.6) is 0 Å². The molecular formula is C34H41N3O6S. The number of aryl methyl sites for hydroxylation is 1. The molecule has 9 nitrogen and oxygen atoms in total. The van der Waals surface area contributed by atoms with Crippen molar-refractivity contribution in [2.45, 2.75) is 88.8 Å². The number of esters is 1. The molecule has 0 aliphatic carbocycles. The number of aliphatic hydroxyl groups is 1. The van der Waals surface area contributed by atoms with Crippen LogP contribution in [-0.2, 0) is 37.3 Å². The lowest BCUT2D eigenvalue weighted by Gasteiger charge is -2.38. The van der Waals surface area contributed by atoms with Gasteiger partial charge in [-0.1, -0.05) is 75.7 Å². The number of aromatic nitrogens is 1. The summed E-state index contributed by atoms with van der Waals surface area (Å²) >= 11 is 0. The van der Waals surface area contributed by atoms with Gasteiger partial charge in [-0.15, -0.1) is 0 Å². The molecule has 44 heavy (non-hydrogen) atoms. The third-order valence-electron chi connectivity index (χ3n) is 7.93. The Balaban J connectivity index is 1.52. The van der Waals surface area contributed by atoms with Crippen molar-refractivity contribution in [3.8, 4) is 0 Å². The van der Waals surface area contributed by atoms with Gasteiger partial charge in [0.15, 0.2) is 5.03 Å². The highest BCUT2D eigenvalue weighted by atomic mass is 32.2. The molecule has 0 spiro atoms. The number of pyridine rings is 1. The number of nitrogens with one attached hydrogen (secondary N) is 2. The molecule has 10 heteroatoms. The highest BCUT2D eigenvalue weighted by Crippen LogP contribution is 2.42. The minimum Gasteiger partial charge on any atom is -0.512 e. The Morgan fingerprint density at radius 1 is 1.02 bits per heavy atom. The first kappa shape index (κ1) is 32.7. The summed E-state index contributed by atoms with van der Waals surface area (Å²) in [6, 6.07) is 19.8. The van der Waals surface area contributed by atoms with Crippen molar-refractivity contribution >= 4 is 27.6 Å². The van der Waals surface area contributed by atoms with Gasteiger partial charge in [-0.25, -0.2) is 9.78 Å². The molecule has 1 amide bonds. The zero-order valence-corrected chi connectivity index (χ0v) is 26.3. The lowest BCUT2D eigenvalue weighted by atomic mass is 9.80. The molecule has 234 valence electrons. The number of benzene rings is 2. The fourth-order valence-corrected chi connectivity index (χ4v) is 6.64. The average molecular weight is 620 g/mol. The Hall–Kier alpha value is -4.18. The second-order valence-electron chi connectivity index (χ2n) is 11.2. The number of nitrogens with zero attached hydrogens (tertiary/aromatic N) is 1. The number of ether oxygens (including phenoxy) is 1. The zero-order valence-electron chi connectivity index (χ0n) is 25.5. The summed E-state index contributed by atoms with van der Waals surface area (Å²) in [7, 11) is -4.01. The van der Waals surface area contributed by atoms with Gasteiger partial charge in [0.2, 0.25) is 5.91 Å². The second-order valence-corrected chi connectivity index (χ2v) is 12.8. The molecule has 2 aromatic carbocycles. The van der Waals surface area contributed by atoms with E-state index in [9.17, 15) is 23.1 Å². The van der Waals surface area contributed by atoms with Crippen LogP contribution >= 0.6 is 0 Å². The SMILES string of the molecule is CCC[C@@]1(CCc2ccccc2)CC(O)=C([C@H](CC)c2cccc(NS(=O)(=O)c3ccc(CNC(=O)CC)cn3)c2)C(=O)O1. The quantitative estimate of drug-likeness (QED) is 0.179. The average Bonchev–Trinajstić information content (AvgIpc) is 3.01. The van der Waals surface area contributed by atoms with E-state index in [0.29, 0.717) is 42.5 Å². The predicted molar refractivity (Wildman–Crippen MR) is 169 cm³/mol. The van der Waals surface area contributed by atoms with Gasteiger partial charge in [-0.3, -0.25) is 9.52 Å². The van der Waals surface area contributed by atoms with Crippen molar-refractivity contribution in [3.05, 3.63) is 101 Å². The number of hydrogen-bond donors (Lipinski definition) is 3. The van der Waals surface area contributed by atoms with Gasteiger partial charge in [0.25, 0.3) is 10.0 Å². The molecule has 0 saturated heterocycles. The van der Waals surface area contributed by atoms with Crippen molar-refractivity contribution in [1.29, 1.82) is 0 Å². The van der Waals surface area contributed by atoms with E-state index in [1.54, 1.807) is 37.3 Å². The Kier molecular flexibility index (Phi) is 10.8. The van der Waals surface area contributed by atoms with Crippen molar-refractivity contribution in [3.63, 3.8) is 0 Å². The van der Waals surface area contributed by atoms with Crippen LogP contribution in [0.3, 0.4) is 0 Å². The maximum absolute atomic E-state index is 13.5. The van der Waals surface area contributed by atoms with E-state index in [-0.39, 0.29) is 35.2 Å². The standard InChI is InChI=1S/C34H41N3O6S/c1-4-18-34(19-17-24-11-8-7-9-12-24)21-29(38)32(33(40)43-34)28(5-2)26-13-10-14-27(20-26)37-44(41,42)31-16-15-25(23-36-31)22-35-30(39)6-3/h7-16,20,23,28,37-38H,4-6,17-19,21-22H2,1-3H3,(H,35,39)/t28-,34-/m1/s1. The minimum absolute atomic E-state index is 0.0278. The van der Waals surface area contributed by atoms with E-state index in [4.69, 9.17) is 4.74 Å². The maximum atomic E-state index is 13.5. The second kappa shape index (κ2) is 14.5. The van der Waals surface area contributed by atoms with Crippen LogP contribution < -0.4 is 10.0 Å². The molecule has 0 fully saturated rings. The number of carbonyl (C=O) groups is 2. The van der Waals surface area contributed by atoms with Crippen LogP contribution in [0.4, 0.5) is 5.69 Å². The predicted octanol–water partition coefficient (Wildman–Crippen LogP) is 6.33. The number of cyclic esters (lactones) is 1. The fraction of sp³-hybridized carbons (Fsp3) is 0.382. The summed E-state index contributed by atoms with van der Waals surface area (Å²) in [6.45, 7) is 5.95. The first-order valence-electron chi connectivity index (χ1n) is 15.1. The number of sulfonamides is 1. The van der Waals surface area contributed by atoms with Crippen LogP contribution in [0.25, 0.3) is 0 Å². The molecule has 1 aromatic heterocycles. The lowest BCUT2D eigenvalue weighted by Crippen LogP contribution is -2.41. The van der Waals surface area contributed by atoms with Crippen LogP contribution in [0.1, 0.15) is 81.9 Å². The molecule has 1 aliphatic rings. The molecule has 2 heterocycles. The van der Waals surface area contributed by atoms with E-state index in [1.165, 1.54) is 12.3 Å². The molecule has 0 unspecified atom stereocenters. The van der Waals surface area contributed by atoms with E-state index in [0.717, 1.165) is 18.4 Å². The van der Waals surface area contributed by atoms with E-state index >= 15 is 0 Å². The first-order valence-corrected chi connectivity index (χ1v) is 16.6. The van der Waals surface area contributed by atoms with Gasteiger partial charge in [0, 0.05) is 37.2 Å². The summed E-state index contributed by atoms with van der Waals surface area (Å²) < 4.78 is 34.9. The monoisotopic (exact) mass is 619 g/mol. The third kappa shape index (κ3) is 8.05. The topological polar surface area (TPSA) is 135 Å². The van der Waals surface area contributed by atoms with Crippen LogP contribution in [-0.4, -0.2) is 36.0 Å². The summed E-state index contributed by atoms with van der Waals surface area (Å²) in [5.41, 5.74) is 2.23. The smallest absolute Gasteiger partial charge is 0.338 e. The molecule has 2 atom stereocenters. The van der Waals surface area contributed by atoms with E-state index in [1.807, 2.05) is 44.2 Å². The molecule has 0 saturated carbocycles. The van der Waals surface area contributed by atoms with Crippen molar-refractivity contribution in [1.82, 2.24) is 10.3 Å². The highest BCUT2D eigenvalue weighted by Gasteiger charge is 2.43. The minimum atomic E-state index is -4.01. The number of rotatable bonds is 14. The summed E-state index contributed by atoms with van der Waals surface area (Å²) in [5.74, 6) is -1.11. The first-order chi connectivity index (χ1) is 21.1. The molecule has 4 rings (SSSR count). The Labute approximate surface area is 259 Å². The molecule has 1 aliphatic heterocycles. The molecule has 0 radical (unpaired) electrons. The van der Waals surface area contributed by atoms with Crippen LogP contribution in [0.2, 0.25) is 0 Å². The number of hydrogen-bond acceptors (Lipinski definition) is 7. The molecular weight excluding hydrogens is 578 g/mol. The number of carbonyl (C=O) groups excluding carboxylic acids is 2. The Morgan fingerprint density at radius 2 is 1.80 bits per heavy atom. The number of anilines is 1. The largest absolute Gasteiger partial charge is 0.512 e. The van der Waals surface area contributed by atoms with Gasteiger partial charge in [0.05, 0.1) is 5.57 Å². The van der Waals surface area contributed by atoms with Gasteiger partial charge >= 0.3 is 5.97 Å². The fourth-order valence-electron chi connectivity index (χ4n) is 5.66. The molecule has 0 bridgehead atoms. The normalized spacial score (nSPS) is 17.6. The number of aliphatic hydroxyl groups excluding tert-OH is 1. The number of amides is 1. The van der Waals surface area contributed by atoms with E-state index in [2.05, 4.69) is 15.0 Å². The van der Waals surface area contributed by atoms with Gasteiger partial charge in [-0.2, -0.15) is 8.42 Å². The van der Waals surface area contributed by atoms with Crippen LogP contribution in [0.15, 0.2) is 89.3 Å². The Morgan fingerprint density at radius 3 is 2.43 bits per heavy atom. The maximum Gasteiger partial charge on any atom is 0.338 e. The van der Waals surface area contributed by atoms with E-state index < -0.39 is 27.5 Å². The van der Waals surface area contributed by atoms with Crippen molar-refractivity contribution in [2.75, 3.05) is 4.72 Å². The molecule has 3 aromatic rings. The highest BCUT2D eigenvalue weighted by molar-refractivity contribution is 7.92. The Bertz CT molecular complexity index is 1590. The van der Waals surface area contributed by atoms with Crippen LogP contribution in [0, 0.1) is 0 Å². The summed E-state index contributed by atoms with van der Waals surface area (Å²) in [5, 5.41) is 13.9. The van der Waals surface area contributed by atoms with Crippen molar-refractivity contribution in [2.24, 2.45) is 0 Å². The molecule has 3 N–H and O–H groups in total.